The Morgan fingerprint density at radius 1 is 1.35 bits per heavy atom. The molecule has 3 nitrogen and oxygen atoms in total. The van der Waals surface area contributed by atoms with E-state index < -0.39 is 0 Å². The third-order valence-corrected chi connectivity index (χ3v) is 3.59. The summed E-state index contributed by atoms with van der Waals surface area (Å²) in [4.78, 5) is 0. The van der Waals surface area contributed by atoms with Crippen LogP contribution in [0.25, 0.3) is 0 Å². The maximum Gasteiger partial charge on any atom is 0.123 e. The van der Waals surface area contributed by atoms with Crippen LogP contribution in [0.3, 0.4) is 0 Å². The quantitative estimate of drug-likeness (QED) is 0.882. The number of aromatic nitrogens is 2. The summed E-state index contributed by atoms with van der Waals surface area (Å²) in [6, 6.07) is 6.62. The highest BCUT2D eigenvalue weighted by Crippen LogP contribution is 2.26. The molecule has 1 aromatic heterocycles. The lowest BCUT2D eigenvalue weighted by Crippen LogP contribution is -2.23. The smallest absolute Gasteiger partial charge is 0.123 e. The van der Waals surface area contributed by atoms with Crippen molar-refractivity contribution in [1.29, 1.82) is 0 Å². The topological polar surface area (TPSA) is 29.9 Å². The number of hydrogen-bond acceptors (Lipinski definition) is 2. The van der Waals surface area contributed by atoms with Crippen LogP contribution in [0.2, 0.25) is 5.02 Å². The molecule has 0 radical (unpaired) electrons. The number of halogens is 2. The third kappa shape index (κ3) is 3.38. The van der Waals surface area contributed by atoms with Crippen LogP contribution in [0, 0.1) is 5.82 Å². The summed E-state index contributed by atoms with van der Waals surface area (Å²) in [5.41, 5.74) is 2.05. The lowest BCUT2D eigenvalue weighted by Gasteiger charge is -2.18. The molecular weight excluding hydrogens is 277 g/mol. The Labute approximate surface area is 123 Å². The largest absolute Gasteiger partial charge is 0.311 e. The lowest BCUT2D eigenvalue weighted by atomic mass is 10.0. The van der Waals surface area contributed by atoms with Gasteiger partial charge in [0.1, 0.15) is 5.82 Å². The Balaban J connectivity index is 2.23. The molecule has 1 atom stereocenters. The van der Waals surface area contributed by atoms with E-state index in [-0.39, 0.29) is 11.9 Å². The molecule has 2 rings (SSSR count). The molecule has 0 aliphatic heterocycles. The second-order valence-electron chi connectivity index (χ2n) is 4.77. The maximum absolute atomic E-state index is 13.0. The summed E-state index contributed by atoms with van der Waals surface area (Å²) in [6.45, 7) is 2.94. The molecule has 0 fully saturated rings. The molecule has 0 aliphatic rings. The van der Waals surface area contributed by atoms with Crippen LogP contribution in [-0.4, -0.2) is 16.8 Å². The van der Waals surface area contributed by atoms with Crippen molar-refractivity contribution in [2.45, 2.75) is 32.4 Å². The lowest BCUT2D eigenvalue weighted by molar-refractivity contribution is 0.496. The zero-order chi connectivity index (χ0) is 14.5. The van der Waals surface area contributed by atoms with Crippen LogP contribution in [0.4, 0.5) is 4.39 Å². The number of nitrogens with zero attached hydrogens (tertiary/aromatic N) is 2. The van der Waals surface area contributed by atoms with Crippen LogP contribution in [0.1, 0.15) is 30.6 Å². The van der Waals surface area contributed by atoms with Crippen molar-refractivity contribution in [2.75, 3.05) is 7.05 Å². The molecule has 0 saturated carbocycles. The van der Waals surface area contributed by atoms with Gasteiger partial charge in [-0.05, 0) is 37.6 Å². The molecule has 20 heavy (non-hydrogen) atoms. The summed E-state index contributed by atoms with van der Waals surface area (Å²) in [5, 5.41) is 8.25. The Kier molecular flexibility index (Phi) is 5.15. The monoisotopic (exact) mass is 295 g/mol. The fourth-order valence-electron chi connectivity index (χ4n) is 2.30. The molecule has 0 bridgehead atoms. The van der Waals surface area contributed by atoms with E-state index in [0.717, 1.165) is 30.6 Å². The number of nitrogens with one attached hydrogen (secondary N) is 1. The fraction of sp³-hybridized carbons (Fsp3) is 0.400. The summed E-state index contributed by atoms with van der Waals surface area (Å²) in [7, 11) is 1.90. The zero-order valence-corrected chi connectivity index (χ0v) is 12.5. The second kappa shape index (κ2) is 6.86. The first-order valence-corrected chi connectivity index (χ1v) is 7.16. The minimum atomic E-state index is -0.219. The summed E-state index contributed by atoms with van der Waals surface area (Å²) in [6.07, 6.45) is 3.42. The van der Waals surface area contributed by atoms with Crippen LogP contribution >= 0.6 is 11.6 Å². The molecule has 0 aliphatic carbocycles. The third-order valence-electron chi connectivity index (χ3n) is 3.30. The van der Waals surface area contributed by atoms with Crippen molar-refractivity contribution in [1.82, 2.24) is 15.1 Å². The van der Waals surface area contributed by atoms with Crippen molar-refractivity contribution in [3.05, 3.63) is 52.6 Å². The Hall–Kier alpha value is -1.39. The molecule has 1 aromatic carbocycles. The average Bonchev–Trinajstić information content (AvgIpc) is 2.80. The van der Waals surface area contributed by atoms with Gasteiger partial charge in [-0.1, -0.05) is 30.7 Å². The highest BCUT2D eigenvalue weighted by atomic mass is 35.5. The van der Waals surface area contributed by atoms with Gasteiger partial charge in [0, 0.05) is 6.54 Å². The highest BCUT2D eigenvalue weighted by Gasteiger charge is 2.19. The van der Waals surface area contributed by atoms with Gasteiger partial charge in [0.2, 0.25) is 0 Å². The first-order valence-electron chi connectivity index (χ1n) is 6.78. The fourth-order valence-corrected chi connectivity index (χ4v) is 2.57. The van der Waals surface area contributed by atoms with Gasteiger partial charge in [0.05, 0.1) is 23.0 Å². The molecule has 0 spiro atoms. The number of likely N-dealkylation sites (N-methyl/N-ethyl adjacent to an activating group) is 1. The van der Waals surface area contributed by atoms with E-state index in [0.29, 0.717) is 5.02 Å². The number of hydrogen-bond donors (Lipinski definition) is 1. The minimum Gasteiger partial charge on any atom is -0.311 e. The first-order chi connectivity index (χ1) is 9.65. The SMILES string of the molecule is CCCn1ncc(Cl)c1C(Cc1ccc(F)cc1)NC. The average molecular weight is 296 g/mol. The maximum atomic E-state index is 13.0. The molecule has 2 aromatic rings. The Morgan fingerprint density at radius 3 is 2.65 bits per heavy atom. The number of rotatable bonds is 6. The Morgan fingerprint density at radius 2 is 2.05 bits per heavy atom. The molecule has 0 amide bonds. The highest BCUT2D eigenvalue weighted by molar-refractivity contribution is 6.31. The van der Waals surface area contributed by atoms with Crippen molar-refractivity contribution in [3.63, 3.8) is 0 Å². The molecule has 5 heteroatoms. The van der Waals surface area contributed by atoms with Gasteiger partial charge >= 0.3 is 0 Å². The van der Waals surface area contributed by atoms with E-state index in [1.165, 1.54) is 12.1 Å². The number of benzene rings is 1. The van der Waals surface area contributed by atoms with Crippen LogP contribution < -0.4 is 5.32 Å². The zero-order valence-electron chi connectivity index (χ0n) is 11.7. The standard InChI is InChI=1S/C15H19ClFN3/c1-3-8-20-15(13(16)10-19-20)14(18-2)9-11-4-6-12(17)7-5-11/h4-7,10,14,18H,3,8-9H2,1-2H3. The van der Waals surface area contributed by atoms with Crippen molar-refractivity contribution in [3.8, 4) is 0 Å². The van der Waals surface area contributed by atoms with Crippen LogP contribution in [0.5, 0.6) is 0 Å². The van der Waals surface area contributed by atoms with Gasteiger partial charge in [0.25, 0.3) is 0 Å². The Bertz CT molecular complexity index is 551. The van der Waals surface area contributed by atoms with E-state index in [1.807, 2.05) is 11.7 Å². The number of aryl methyl sites for hydroxylation is 1. The molecular formula is C15H19ClFN3. The van der Waals surface area contributed by atoms with E-state index in [2.05, 4.69) is 17.3 Å². The predicted octanol–water partition coefficient (Wildman–Crippen LogP) is 3.59. The summed E-state index contributed by atoms with van der Waals surface area (Å²) < 4.78 is 14.9. The molecule has 1 heterocycles. The van der Waals surface area contributed by atoms with Crippen molar-refractivity contribution < 1.29 is 4.39 Å². The molecule has 108 valence electrons. The van der Waals surface area contributed by atoms with E-state index >= 15 is 0 Å². The summed E-state index contributed by atoms with van der Waals surface area (Å²) >= 11 is 6.26. The van der Waals surface area contributed by atoms with Gasteiger partial charge < -0.3 is 5.32 Å². The normalized spacial score (nSPS) is 12.6. The van der Waals surface area contributed by atoms with Crippen molar-refractivity contribution >= 4 is 11.6 Å². The van der Waals surface area contributed by atoms with Gasteiger partial charge in [-0.25, -0.2) is 4.39 Å². The van der Waals surface area contributed by atoms with E-state index in [1.54, 1.807) is 18.3 Å². The van der Waals surface area contributed by atoms with Crippen molar-refractivity contribution in [2.24, 2.45) is 0 Å². The van der Waals surface area contributed by atoms with E-state index in [9.17, 15) is 4.39 Å². The predicted molar refractivity (Wildman–Crippen MR) is 79.4 cm³/mol. The molecule has 0 saturated heterocycles. The minimum absolute atomic E-state index is 0.0574. The molecule has 1 unspecified atom stereocenters. The van der Waals surface area contributed by atoms with Gasteiger partial charge in [-0.2, -0.15) is 5.10 Å². The second-order valence-corrected chi connectivity index (χ2v) is 5.18. The first kappa shape index (κ1) is 15.0. The summed E-state index contributed by atoms with van der Waals surface area (Å²) in [5.74, 6) is -0.219. The van der Waals surface area contributed by atoms with Gasteiger partial charge in [0.15, 0.2) is 0 Å². The van der Waals surface area contributed by atoms with Crippen LogP contribution in [-0.2, 0) is 13.0 Å². The molecule has 1 N–H and O–H groups in total. The van der Waals surface area contributed by atoms with Gasteiger partial charge in [-0.15, -0.1) is 0 Å². The van der Waals surface area contributed by atoms with Crippen LogP contribution in [0.15, 0.2) is 30.5 Å². The van der Waals surface area contributed by atoms with Gasteiger partial charge in [-0.3, -0.25) is 4.68 Å². The van der Waals surface area contributed by atoms with E-state index in [4.69, 9.17) is 11.6 Å².